The summed E-state index contributed by atoms with van der Waals surface area (Å²) in [5.74, 6) is -0.402. The first-order chi connectivity index (χ1) is 10.5. The Kier molecular flexibility index (Phi) is 5.24. The SMILES string of the molecule is Cc1ccccc1S(=O)(=O)NCC(=O)NCc1cccnc1. The average Bonchev–Trinajstić information content (AvgIpc) is 2.52. The number of carbonyl (C=O) groups is 1. The van der Waals surface area contributed by atoms with Gasteiger partial charge in [0, 0.05) is 18.9 Å². The van der Waals surface area contributed by atoms with Crippen LogP contribution < -0.4 is 10.0 Å². The molecule has 1 aromatic carbocycles. The molecular weight excluding hydrogens is 302 g/mol. The third kappa shape index (κ3) is 4.37. The average molecular weight is 319 g/mol. The number of hydrogen-bond donors (Lipinski definition) is 2. The lowest BCUT2D eigenvalue weighted by molar-refractivity contribution is -0.120. The van der Waals surface area contributed by atoms with Gasteiger partial charge in [0.1, 0.15) is 0 Å². The van der Waals surface area contributed by atoms with Gasteiger partial charge in [0.05, 0.1) is 11.4 Å². The van der Waals surface area contributed by atoms with E-state index in [0.717, 1.165) is 5.56 Å². The summed E-state index contributed by atoms with van der Waals surface area (Å²) in [6.45, 7) is 1.70. The number of aryl methyl sites for hydroxylation is 1. The number of rotatable bonds is 6. The Morgan fingerprint density at radius 2 is 1.95 bits per heavy atom. The number of pyridine rings is 1. The van der Waals surface area contributed by atoms with Crippen LogP contribution >= 0.6 is 0 Å². The number of nitrogens with one attached hydrogen (secondary N) is 2. The molecule has 22 heavy (non-hydrogen) atoms. The van der Waals surface area contributed by atoms with E-state index in [4.69, 9.17) is 0 Å². The largest absolute Gasteiger partial charge is 0.351 e. The van der Waals surface area contributed by atoms with Crippen molar-refractivity contribution in [3.05, 3.63) is 59.9 Å². The predicted octanol–water partition coefficient (Wildman–Crippen LogP) is 0.985. The molecule has 1 aromatic heterocycles. The lowest BCUT2D eigenvalue weighted by Gasteiger charge is -2.09. The Hall–Kier alpha value is -2.25. The van der Waals surface area contributed by atoms with Crippen molar-refractivity contribution < 1.29 is 13.2 Å². The highest BCUT2D eigenvalue weighted by Gasteiger charge is 2.17. The summed E-state index contributed by atoms with van der Waals surface area (Å²) in [5.41, 5.74) is 1.48. The summed E-state index contributed by atoms with van der Waals surface area (Å²) in [4.78, 5) is 15.8. The van der Waals surface area contributed by atoms with Crippen LogP contribution in [0.2, 0.25) is 0 Å². The van der Waals surface area contributed by atoms with Crippen LogP contribution in [0.4, 0.5) is 0 Å². The Labute approximate surface area is 129 Å². The van der Waals surface area contributed by atoms with Crippen LogP contribution in [-0.2, 0) is 21.4 Å². The molecule has 0 aliphatic carbocycles. The van der Waals surface area contributed by atoms with Gasteiger partial charge >= 0.3 is 0 Å². The van der Waals surface area contributed by atoms with Gasteiger partial charge in [-0.15, -0.1) is 0 Å². The molecular formula is C15H17N3O3S. The Bertz CT molecular complexity index is 746. The molecule has 0 bridgehead atoms. The van der Waals surface area contributed by atoms with E-state index in [-0.39, 0.29) is 11.4 Å². The standard InChI is InChI=1S/C15H17N3O3S/c1-12-5-2-3-7-14(12)22(20,21)18-11-15(19)17-10-13-6-4-8-16-9-13/h2-9,18H,10-11H2,1H3,(H,17,19). The summed E-state index contributed by atoms with van der Waals surface area (Å²) in [6.07, 6.45) is 3.28. The molecule has 7 heteroatoms. The Morgan fingerprint density at radius 1 is 1.18 bits per heavy atom. The van der Waals surface area contributed by atoms with Gasteiger partial charge in [-0.3, -0.25) is 9.78 Å². The molecule has 0 saturated heterocycles. The van der Waals surface area contributed by atoms with Gasteiger partial charge < -0.3 is 5.32 Å². The highest BCUT2D eigenvalue weighted by Crippen LogP contribution is 2.13. The normalized spacial score (nSPS) is 11.1. The van der Waals surface area contributed by atoms with Gasteiger partial charge in [0.2, 0.25) is 15.9 Å². The maximum atomic E-state index is 12.1. The van der Waals surface area contributed by atoms with Crippen molar-refractivity contribution in [2.75, 3.05) is 6.54 Å². The third-order valence-corrected chi connectivity index (χ3v) is 4.58. The van der Waals surface area contributed by atoms with Gasteiger partial charge in [-0.1, -0.05) is 24.3 Å². The smallest absolute Gasteiger partial charge is 0.241 e. The molecule has 1 heterocycles. The van der Waals surface area contributed by atoms with E-state index in [9.17, 15) is 13.2 Å². The van der Waals surface area contributed by atoms with Crippen molar-refractivity contribution in [3.63, 3.8) is 0 Å². The highest BCUT2D eigenvalue weighted by atomic mass is 32.2. The minimum Gasteiger partial charge on any atom is -0.351 e. The fraction of sp³-hybridized carbons (Fsp3) is 0.200. The number of nitrogens with zero attached hydrogens (tertiary/aromatic N) is 1. The number of aromatic nitrogens is 1. The minimum atomic E-state index is -3.69. The van der Waals surface area contributed by atoms with Crippen molar-refractivity contribution in [1.82, 2.24) is 15.0 Å². The van der Waals surface area contributed by atoms with Crippen molar-refractivity contribution in [2.45, 2.75) is 18.4 Å². The molecule has 0 aliphatic rings. The highest BCUT2D eigenvalue weighted by molar-refractivity contribution is 7.89. The van der Waals surface area contributed by atoms with E-state index in [2.05, 4.69) is 15.0 Å². The zero-order chi connectivity index (χ0) is 16.0. The van der Waals surface area contributed by atoms with E-state index in [1.54, 1.807) is 43.6 Å². The molecule has 0 radical (unpaired) electrons. The van der Waals surface area contributed by atoms with E-state index >= 15 is 0 Å². The minimum absolute atomic E-state index is 0.176. The second kappa shape index (κ2) is 7.15. The maximum Gasteiger partial charge on any atom is 0.241 e. The Balaban J connectivity index is 1.89. The first-order valence-electron chi connectivity index (χ1n) is 6.70. The van der Waals surface area contributed by atoms with E-state index in [1.165, 1.54) is 6.07 Å². The monoisotopic (exact) mass is 319 g/mol. The molecule has 2 rings (SSSR count). The summed E-state index contributed by atoms with van der Waals surface area (Å²) in [7, 11) is -3.69. The first-order valence-corrected chi connectivity index (χ1v) is 8.18. The molecule has 6 nitrogen and oxygen atoms in total. The summed E-state index contributed by atoms with van der Waals surface area (Å²) in [6, 6.07) is 10.2. The lowest BCUT2D eigenvalue weighted by Crippen LogP contribution is -2.36. The quantitative estimate of drug-likeness (QED) is 0.831. The fourth-order valence-corrected chi connectivity index (χ4v) is 3.09. The fourth-order valence-electron chi connectivity index (χ4n) is 1.86. The number of amides is 1. The number of hydrogen-bond acceptors (Lipinski definition) is 4. The van der Waals surface area contributed by atoms with Crippen LogP contribution in [0, 0.1) is 6.92 Å². The van der Waals surface area contributed by atoms with Crippen LogP contribution in [0.25, 0.3) is 0 Å². The molecule has 0 saturated carbocycles. The Morgan fingerprint density at radius 3 is 2.64 bits per heavy atom. The number of carbonyl (C=O) groups excluding carboxylic acids is 1. The lowest BCUT2D eigenvalue weighted by atomic mass is 10.2. The summed E-state index contributed by atoms with van der Waals surface area (Å²) < 4.78 is 26.6. The van der Waals surface area contributed by atoms with Crippen LogP contribution in [0.15, 0.2) is 53.7 Å². The van der Waals surface area contributed by atoms with E-state index in [0.29, 0.717) is 12.1 Å². The molecule has 0 aliphatic heterocycles. The third-order valence-electron chi connectivity index (χ3n) is 3.02. The van der Waals surface area contributed by atoms with Gasteiger partial charge in [-0.25, -0.2) is 13.1 Å². The van der Waals surface area contributed by atoms with Crippen LogP contribution in [0.5, 0.6) is 0 Å². The van der Waals surface area contributed by atoms with Crippen molar-refractivity contribution in [1.29, 1.82) is 0 Å². The molecule has 0 fully saturated rings. The van der Waals surface area contributed by atoms with Crippen LogP contribution in [0.1, 0.15) is 11.1 Å². The van der Waals surface area contributed by atoms with Gasteiger partial charge in [-0.05, 0) is 30.2 Å². The first kappa shape index (κ1) is 16.1. The van der Waals surface area contributed by atoms with Gasteiger partial charge in [0.25, 0.3) is 0 Å². The number of sulfonamides is 1. The molecule has 0 unspecified atom stereocenters. The molecule has 0 spiro atoms. The van der Waals surface area contributed by atoms with E-state index in [1.807, 2.05) is 6.07 Å². The van der Waals surface area contributed by atoms with Crippen molar-refractivity contribution >= 4 is 15.9 Å². The maximum absolute atomic E-state index is 12.1. The zero-order valence-electron chi connectivity index (χ0n) is 12.1. The summed E-state index contributed by atoms with van der Waals surface area (Å²) in [5, 5.41) is 2.63. The van der Waals surface area contributed by atoms with Crippen LogP contribution in [-0.4, -0.2) is 25.9 Å². The van der Waals surface area contributed by atoms with Crippen molar-refractivity contribution in [3.8, 4) is 0 Å². The summed E-state index contributed by atoms with van der Waals surface area (Å²) >= 11 is 0. The predicted molar refractivity (Wildman–Crippen MR) is 82.5 cm³/mol. The van der Waals surface area contributed by atoms with Gasteiger partial charge in [0.15, 0.2) is 0 Å². The topological polar surface area (TPSA) is 88.2 Å². The van der Waals surface area contributed by atoms with Gasteiger partial charge in [-0.2, -0.15) is 0 Å². The molecule has 116 valence electrons. The molecule has 2 N–H and O–H groups in total. The van der Waals surface area contributed by atoms with E-state index < -0.39 is 15.9 Å². The van der Waals surface area contributed by atoms with Crippen LogP contribution in [0.3, 0.4) is 0 Å². The van der Waals surface area contributed by atoms with Crippen molar-refractivity contribution in [2.24, 2.45) is 0 Å². The zero-order valence-corrected chi connectivity index (χ0v) is 12.9. The molecule has 1 amide bonds. The molecule has 2 aromatic rings. The molecule has 0 atom stereocenters. The second-order valence-electron chi connectivity index (χ2n) is 4.73. The second-order valence-corrected chi connectivity index (χ2v) is 6.46. The number of benzene rings is 1.